The van der Waals surface area contributed by atoms with Crippen LogP contribution in [0.25, 0.3) is 0 Å². The zero-order chi connectivity index (χ0) is 7.56. The molecular weight excluding hydrogens is 126 g/mol. The molecule has 60 valence electrons. The first-order valence-electron chi connectivity index (χ1n) is 4.03. The minimum atomic E-state index is 0.472. The van der Waals surface area contributed by atoms with Crippen molar-refractivity contribution in [3.05, 3.63) is 0 Å². The van der Waals surface area contributed by atoms with Crippen molar-refractivity contribution in [2.75, 3.05) is 26.7 Å². The van der Waals surface area contributed by atoms with Gasteiger partial charge in [-0.3, -0.25) is 0 Å². The van der Waals surface area contributed by atoms with Crippen molar-refractivity contribution in [1.29, 1.82) is 0 Å². The van der Waals surface area contributed by atoms with Gasteiger partial charge in [0.1, 0.15) is 0 Å². The number of hydrogen-bond donors (Lipinski definition) is 0. The third-order valence-electron chi connectivity index (χ3n) is 2.37. The SMILES string of the molecule is CCN1CC(C)C(OC)C1. The Morgan fingerprint density at radius 3 is 2.50 bits per heavy atom. The summed E-state index contributed by atoms with van der Waals surface area (Å²) in [6, 6.07) is 0. The van der Waals surface area contributed by atoms with Crippen LogP contribution in [0.3, 0.4) is 0 Å². The van der Waals surface area contributed by atoms with Crippen LogP contribution in [-0.2, 0) is 4.74 Å². The van der Waals surface area contributed by atoms with Gasteiger partial charge in [0.15, 0.2) is 0 Å². The van der Waals surface area contributed by atoms with Crippen LogP contribution in [0.2, 0.25) is 0 Å². The summed E-state index contributed by atoms with van der Waals surface area (Å²) in [7, 11) is 1.81. The minimum Gasteiger partial charge on any atom is -0.380 e. The zero-order valence-electron chi connectivity index (χ0n) is 7.13. The van der Waals surface area contributed by atoms with E-state index in [0.717, 1.165) is 13.1 Å². The Morgan fingerprint density at radius 2 is 2.20 bits per heavy atom. The Morgan fingerprint density at radius 1 is 1.50 bits per heavy atom. The van der Waals surface area contributed by atoms with E-state index in [1.54, 1.807) is 7.11 Å². The summed E-state index contributed by atoms with van der Waals surface area (Å²) < 4.78 is 5.31. The molecule has 0 aliphatic carbocycles. The highest BCUT2D eigenvalue weighted by Gasteiger charge is 2.27. The van der Waals surface area contributed by atoms with Gasteiger partial charge in [-0.1, -0.05) is 13.8 Å². The molecule has 0 aromatic carbocycles. The van der Waals surface area contributed by atoms with Crippen LogP contribution in [0.15, 0.2) is 0 Å². The smallest absolute Gasteiger partial charge is 0.0735 e. The zero-order valence-corrected chi connectivity index (χ0v) is 7.13. The molecule has 2 atom stereocenters. The van der Waals surface area contributed by atoms with E-state index in [1.165, 1.54) is 6.54 Å². The Bertz CT molecular complexity index is 105. The second kappa shape index (κ2) is 3.35. The second-order valence-electron chi connectivity index (χ2n) is 3.10. The number of rotatable bonds is 2. The average Bonchev–Trinajstić information content (AvgIpc) is 2.30. The molecule has 2 unspecified atom stereocenters. The van der Waals surface area contributed by atoms with Gasteiger partial charge in [-0.05, 0) is 12.5 Å². The number of ether oxygens (including phenoxy) is 1. The van der Waals surface area contributed by atoms with Gasteiger partial charge < -0.3 is 9.64 Å². The van der Waals surface area contributed by atoms with Crippen LogP contribution in [0, 0.1) is 5.92 Å². The van der Waals surface area contributed by atoms with Gasteiger partial charge in [-0.2, -0.15) is 0 Å². The van der Waals surface area contributed by atoms with Gasteiger partial charge >= 0.3 is 0 Å². The number of likely N-dealkylation sites (tertiary alicyclic amines) is 1. The summed E-state index contributed by atoms with van der Waals surface area (Å²) in [5.74, 6) is 0.713. The lowest BCUT2D eigenvalue weighted by Gasteiger charge is -2.11. The quantitative estimate of drug-likeness (QED) is 0.571. The summed E-state index contributed by atoms with van der Waals surface area (Å²) in [4.78, 5) is 2.43. The maximum absolute atomic E-state index is 5.31. The molecule has 1 rings (SSSR count). The van der Waals surface area contributed by atoms with E-state index in [0.29, 0.717) is 12.0 Å². The van der Waals surface area contributed by atoms with Crippen molar-refractivity contribution < 1.29 is 4.74 Å². The molecule has 0 radical (unpaired) electrons. The maximum atomic E-state index is 5.31. The van der Waals surface area contributed by atoms with Crippen LogP contribution >= 0.6 is 0 Å². The van der Waals surface area contributed by atoms with E-state index in [1.807, 2.05) is 0 Å². The molecule has 1 heterocycles. The highest BCUT2D eigenvalue weighted by atomic mass is 16.5. The van der Waals surface area contributed by atoms with Crippen LogP contribution in [-0.4, -0.2) is 37.7 Å². The van der Waals surface area contributed by atoms with Gasteiger partial charge in [-0.25, -0.2) is 0 Å². The molecule has 0 N–H and O–H groups in total. The lowest BCUT2D eigenvalue weighted by Crippen LogP contribution is -2.22. The minimum absolute atomic E-state index is 0.472. The molecule has 1 fully saturated rings. The van der Waals surface area contributed by atoms with Crippen molar-refractivity contribution in [2.45, 2.75) is 20.0 Å². The fraction of sp³-hybridized carbons (Fsp3) is 1.00. The van der Waals surface area contributed by atoms with Crippen molar-refractivity contribution >= 4 is 0 Å². The first kappa shape index (κ1) is 8.02. The third kappa shape index (κ3) is 1.50. The first-order valence-corrected chi connectivity index (χ1v) is 4.03. The third-order valence-corrected chi connectivity index (χ3v) is 2.37. The molecular formula is C8H17NO. The predicted molar refractivity (Wildman–Crippen MR) is 42.1 cm³/mol. The molecule has 0 bridgehead atoms. The topological polar surface area (TPSA) is 12.5 Å². The maximum Gasteiger partial charge on any atom is 0.0735 e. The molecule has 2 nitrogen and oxygen atoms in total. The van der Waals surface area contributed by atoms with E-state index in [2.05, 4.69) is 18.7 Å². The van der Waals surface area contributed by atoms with Crippen LogP contribution < -0.4 is 0 Å². The van der Waals surface area contributed by atoms with E-state index >= 15 is 0 Å². The van der Waals surface area contributed by atoms with Crippen molar-refractivity contribution in [3.63, 3.8) is 0 Å². The predicted octanol–water partition coefficient (Wildman–Crippen LogP) is 0.973. The summed E-state index contributed by atoms with van der Waals surface area (Å²) in [6.07, 6.45) is 0.472. The molecule has 10 heavy (non-hydrogen) atoms. The number of nitrogens with zero attached hydrogens (tertiary/aromatic N) is 1. The van der Waals surface area contributed by atoms with E-state index in [4.69, 9.17) is 4.74 Å². The molecule has 0 saturated carbocycles. The monoisotopic (exact) mass is 143 g/mol. The first-order chi connectivity index (χ1) is 4.77. The van der Waals surface area contributed by atoms with Gasteiger partial charge in [0.05, 0.1) is 6.10 Å². The number of likely N-dealkylation sites (N-methyl/N-ethyl adjacent to an activating group) is 1. The summed E-state index contributed by atoms with van der Waals surface area (Å²) in [6.45, 7) is 7.93. The number of methoxy groups -OCH3 is 1. The van der Waals surface area contributed by atoms with Crippen molar-refractivity contribution in [3.8, 4) is 0 Å². The second-order valence-corrected chi connectivity index (χ2v) is 3.10. The van der Waals surface area contributed by atoms with E-state index in [9.17, 15) is 0 Å². The standard InChI is InChI=1S/C8H17NO/c1-4-9-5-7(2)8(6-9)10-3/h7-8H,4-6H2,1-3H3. The highest BCUT2D eigenvalue weighted by Crippen LogP contribution is 2.17. The van der Waals surface area contributed by atoms with Crippen LogP contribution in [0.1, 0.15) is 13.8 Å². The van der Waals surface area contributed by atoms with E-state index < -0.39 is 0 Å². The highest BCUT2D eigenvalue weighted by molar-refractivity contribution is 4.80. The fourth-order valence-electron chi connectivity index (χ4n) is 1.60. The summed E-state index contributed by atoms with van der Waals surface area (Å²) in [5.41, 5.74) is 0. The molecule has 0 aromatic heterocycles. The lowest BCUT2D eigenvalue weighted by molar-refractivity contribution is 0.0840. The van der Waals surface area contributed by atoms with Gasteiger partial charge in [-0.15, -0.1) is 0 Å². The molecule has 2 heteroatoms. The Kier molecular flexibility index (Phi) is 2.69. The van der Waals surface area contributed by atoms with Gasteiger partial charge in [0, 0.05) is 20.2 Å². The normalized spacial score (nSPS) is 35.1. The van der Waals surface area contributed by atoms with Crippen molar-refractivity contribution in [1.82, 2.24) is 4.90 Å². The summed E-state index contributed by atoms with van der Waals surface area (Å²) >= 11 is 0. The van der Waals surface area contributed by atoms with Crippen LogP contribution in [0.5, 0.6) is 0 Å². The summed E-state index contributed by atoms with van der Waals surface area (Å²) in [5, 5.41) is 0. The molecule has 1 aliphatic heterocycles. The van der Waals surface area contributed by atoms with Gasteiger partial charge in [0.2, 0.25) is 0 Å². The average molecular weight is 143 g/mol. The molecule has 1 saturated heterocycles. The van der Waals surface area contributed by atoms with Crippen LogP contribution in [0.4, 0.5) is 0 Å². The fourth-order valence-corrected chi connectivity index (χ4v) is 1.60. The van der Waals surface area contributed by atoms with Gasteiger partial charge in [0.25, 0.3) is 0 Å². The Labute approximate surface area is 63.2 Å². The number of hydrogen-bond acceptors (Lipinski definition) is 2. The molecule has 0 aromatic rings. The molecule has 0 amide bonds. The molecule has 0 spiro atoms. The lowest BCUT2D eigenvalue weighted by atomic mass is 10.1. The Balaban J connectivity index is 2.36. The van der Waals surface area contributed by atoms with Crippen molar-refractivity contribution in [2.24, 2.45) is 5.92 Å². The van der Waals surface area contributed by atoms with E-state index in [-0.39, 0.29) is 0 Å². The Hall–Kier alpha value is -0.0800. The largest absolute Gasteiger partial charge is 0.380 e. The molecule has 1 aliphatic rings.